The molecule has 0 bridgehead atoms. The summed E-state index contributed by atoms with van der Waals surface area (Å²) >= 11 is 0. The Kier molecular flexibility index (Phi) is 2.06. The summed E-state index contributed by atoms with van der Waals surface area (Å²) in [5.41, 5.74) is 3.03. The molecule has 1 heterocycles. The van der Waals surface area contributed by atoms with Crippen LogP contribution in [0.5, 0.6) is 0 Å². The summed E-state index contributed by atoms with van der Waals surface area (Å²) in [6, 6.07) is 0. The molecule has 0 radical (unpaired) electrons. The molecule has 0 fully saturated rings. The lowest BCUT2D eigenvalue weighted by atomic mass is 9.87. The second-order valence-electron chi connectivity index (χ2n) is 3.86. The third-order valence-corrected chi connectivity index (χ3v) is 3.04. The molecule has 1 aliphatic rings. The molecule has 0 aliphatic heterocycles. The first-order valence-electron chi connectivity index (χ1n) is 4.86. The van der Waals surface area contributed by atoms with Gasteiger partial charge in [0.1, 0.15) is 5.92 Å². The Labute approximate surface area is 82.5 Å². The van der Waals surface area contributed by atoms with Crippen LogP contribution in [-0.4, -0.2) is 20.9 Å². The lowest BCUT2D eigenvalue weighted by Crippen LogP contribution is -2.17. The molecule has 1 unspecified atom stereocenters. The third kappa shape index (κ3) is 1.22. The average Bonchev–Trinajstić information content (AvgIpc) is 2.43. The van der Waals surface area contributed by atoms with Gasteiger partial charge in [-0.25, -0.2) is 0 Å². The quantitative estimate of drug-likeness (QED) is 0.731. The second-order valence-corrected chi connectivity index (χ2v) is 3.86. The lowest BCUT2D eigenvalue weighted by Gasteiger charge is -2.17. The van der Waals surface area contributed by atoms with E-state index in [1.807, 2.05) is 14.0 Å². The van der Waals surface area contributed by atoms with Crippen molar-refractivity contribution in [2.24, 2.45) is 7.05 Å². The molecule has 0 aromatic carbocycles. The number of rotatable bonds is 1. The van der Waals surface area contributed by atoms with Crippen molar-refractivity contribution in [2.75, 3.05) is 0 Å². The van der Waals surface area contributed by atoms with Gasteiger partial charge < -0.3 is 5.11 Å². The fraction of sp³-hybridized carbons (Fsp3) is 0.600. The molecule has 4 heteroatoms. The Morgan fingerprint density at radius 2 is 2.36 bits per heavy atom. The summed E-state index contributed by atoms with van der Waals surface area (Å²) in [7, 11) is 1.87. The predicted molar refractivity (Wildman–Crippen MR) is 51.3 cm³/mol. The summed E-state index contributed by atoms with van der Waals surface area (Å²) in [5.74, 6) is -1.14. The first kappa shape index (κ1) is 9.24. The van der Waals surface area contributed by atoms with E-state index in [0.717, 1.165) is 36.2 Å². The van der Waals surface area contributed by atoms with Gasteiger partial charge >= 0.3 is 5.97 Å². The van der Waals surface area contributed by atoms with Crippen LogP contribution in [0.25, 0.3) is 0 Å². The van der Waals surface area contributed by atoms with Crippen molar-refractivity contribution in [1.82, 2.24) is 9.78 Å². The van der Waals surface area contributed by atoms with Gasteiger partial charge in [-0.05, 0) is 31.7 Å². The maximum absolute atomic E-state index is 11.0. The highest BCUT2D eigenvalue weighted by molar-refractivity contribution is 5.76. The standard InChI is InChI=1S/C10H14N2O2/c1-6-7-4-3-5-8(10(13)14)9(7)11-12(6)2/h8H,3-5H2,1-2H3,(H,13,14). The van der Waals surface area contributed by atoms with Crippen molar-refractivity contribution < 1.29 is 9.90 Å². The molecule has 2 rings (SSSR count). The van der Waals surface area contributed by atoms with E-state index in [-0.39, 0.29) is 0 Å². The number of aliphatic carboxylic acids is 1. The van der Waals surface area contributed by atoms with Crippen LogP contribution in [0.15, 0.2) is 0 Å². The number of aromatic nitrogens is 2. The van der Waals surface area contributed by atoms with Crippen molar-refractivity contribution in [3.8, 4) is 0 Å². The minimum Gasteiger partial charge on any atom is -0.481 e. The van der Waals surface area contributed by atoms with Gasteiger partial charge in [0.2, 0.25) is 0 Å². The number of fused-ring (bicyclic) bond motifs is 1. The molecular formula is C10H14N2O2. The van der Waals surface area contributed by atoms with Crippen LogP contribution in [0.4, 0.5) is 0 Å². The Bertz CT molecular complexity index is 382. The minimum atomic E-state index is -0.746. The van der Waals surface area contributed by atoms with Gasteiger partial charge in [0.05, 0.1) is 5.69 Å². The molecule has 76 valence electrons. The molecule has 1 aromatic heterocycles. The predicted octanol–water partition coefficient (Wildman–Crippen LogP) is 1.23. The molecule has 14 heavy (non-hydrogen) atoms. The van der Waals surface area contributed by atoms with Crippen LogP contribution in [0, 0.1) is 6.92 Å². The van der Waals surface area contributed by atoms with Crippen molar-refractivity contribution in [3.63, 3.8) is 0 Å². The summed E-state index contributed by atoms with van der Waals surface area (Å²) < 4.78 is 1.78. The monoisotopic (exact) mass is 194 g/mol. The first-order chi connectivity index (χ1) is 6.61. The number of hydrogen-bond donors (Lipinski definition) is 1. The second kappa shape index (κ2) is 3.12. The Morgan fingerprint density at radius 1 is 1.64 bits per heavy atom. The average molecular weight is 194 g/mol. The van der Waals surface area contributed by atoms with Gasteiger partial charge in [-0.2, -0.15) is 5.10 Å². The van der Waals surface area contributed by atoms with Crippen LogP contribution in [-0.2, 0) is 18.3 Å². The zero-order valence-electron chi connectivity index (χ0n) is 8.45. The van der Waals surface area contributed by atoms with Crippen molar-refractivity contribution in [1.29, 1.82) is 0 Å². The largest absolute Gasteiger partial charge is 0.481 e. The van der Waals surface area contributed by atoms with E-state index in [1.54, 1.807) is 4.68 Å². The van der Waals surface area contributed by atoms with Gasteiger partial charge in [0, 0.05) is 12.7 Å². The molecule has 1 aromatic rings. The Morgan fingerprint density at radius 3 is 3.00 bits per heavy atom. The molecule has 0 amide bonds. The summed E-state index contributed by atoms with van der Waals surface area (Å²) in [5, 5.41) is 13.3. The zero-order chi connectivity index (χ0) is 10.3. The maximum atomic E-state index is 11.0. The van der Waals surface area contributed by atoms with Gasteiger partial charge in [0.15, 0.2) is 0 Å². The number of nitrogens with zero attached hydrogens (tertiary/aromatic N) is 2. The van der Waals surface area contributed by atoms with Crippen LogP contribution in [0.2, 0.25) is 0 Å². The molecular weight excluding hydrogens is 180 g/mol. The number of carbonyl (C=O) groups is 1. The van der Waals surface area contributed by atoms with E-state index >= 15 is 0 Å². The molecule has 1 atom stereocenters. The van der Waals surface area contributed by atoms with Crippen LogP contribution < -0.4 is 0 Å². The van der Waals surface area contributed by atoms with Gasteiger partial charge in [-0.3, -0.25) is 9.48 Å². The van der Waals surface area contributed by atoms with Crippen molar-refractivity contribution >= 4 is 5.97 Å². The summed E-state index contributed by atoms with van der Waals surface area (Å²) in [6.07, 6.45) is 2.65. The number of carboxylic acids is 1. The zero-order valence-corrected chi connectivity index (χ0v) is 8.45. The Hall–Kier alpha value is -1.32. The summed E-state index contributed by atoms with van der Waals surface area (Å²) in [6.45, 7) is 2.00. The minimum absolute atomic E-state index is 0.390. The van der Waals surface area contributed by atoms with Gasteiger partial charge in [0.25, 0.3) is 0 Å². The number of aryl methyl sites for hydroxylation is 1. The van der Waals surface area contributed by atoms with Crippen LogP contribution in [0.1, 0.15) is 35.7 Å². The van der Waals surface area contributed by atoms with E-state index in [0.29, 0.717) is 0 Å². The van der Waals surface area contributed by atoms with E-state index in [4.69, 9.17) is 5.11 Å². The van der Waals surface area contributed by atoms with E-state index in [9.17, 15) is 4.79 Å². The van der Waals surface area contributed by atoms with Gasteiger partial charge in [-0.1, -0.05) is 0 Å². The third-order valence-electron chi connectivity index (χ3n) is 3.04. The highest BCUT2D eigenvalue weighted by Gasteiger charge is 2.30. The van der Waals surface area contributed by atoms with E-state index < -0.39 is 11.9 Å². The SMILES string of the molecule is Cc1c2c(nn1C)C(C(=O)O)CCC2. The van der Waals surface area contributed by atoms with E-state index in [1.165, 1.54) is 0 Å². The van der Waals surface area contributed by atoms with Crippen LogP contribution in [0.3, 0.4) is 0 Å². The lowest BCUT2D eigenvalue weighted by molar-refractivity contribution is -0.139. The van der Waals surface area contributed by atoms with Crippen LogP contribution >= 0.6 is 0 Å². The smallest absolute Gasteiger partial charge is 0.312 e. The first-order valence-corrected chi connectivity index (χ1v) is 4.86. The van der Waals surface area contributed by atoms with E-state index in [2.05, 4.69) is 5.10 Å². The van der Waals surface area contributed by atoms with Gasteiger partial charge in [-0.15, -0.1) is 0 Å². The number of carboxylic acid groups (broad SMARTS) is 1. The molecule has 4 nitrogen and oxygen atoms in total. The highest BCUT2D eigenvalue weighted by Crippen LogP contribution is 2.32. The normalized spacial score (nSPS) is 20.6. The highest BCUT2D eigenvalue weighted by atomic mass is 16.4. The molecule has 0 saturated carbocycles. The maximum Gasteiger partial charge on any atom is 0.312 e. The fourth-order valence-electron chi connectivity index (χ4n) is 2.13. The Balaban J connectivity index is 2.50. The number of hydrogen-bond acceptors (Lipinski definition) is 2. The topological polar surface area (TPSA) is 55.1 Å². The van der Waals surface area contributed by atoms with Crippen molar-refractivity contribution in [2.45, 2.75) is 32.1 Å². The fourth-order valence-corrected chi connectivity index (χ4v) is 2.13. The molecule has 0 saturated heterocycles. The molecule has 1 aliphatic carbocycles. The molecule has 0 spiro atoms. The molecule has 1 N–H and O–H groups in total. The van der Waals surface area contributed by atoms with Crippen molar-refractivity contribution in [3.05, 3.63) is 17.0 Å². The summed E-state index contributed by atoms with van der Waals surface area (Å²) in [4.78, 5) is 11.0.